The number of rotatable bonds is 0. The summed E-state index contributed by atoms with van der Waals surface area (Å²) in [6, 6.07) is 7.04. The Morgan fingerprint density at radius 2 is 2.00 bits per heavy atom. The van der Waals surface area contributed by atoms with E-state index in [4.69, 9.17) is 0 Å². The van der Waals surface area contributed by atoms with Gasteiger partial charge in [0.1, 0.15) is 5.78 Å². The first-order valence-electron chi connectivity index (χ1n) is 8.22. The molecular weight excluding hydrogens is 244 g/mol. The highest BCUT2D eigenvalue weighted by Crippen LogP contribution is 2.59. The zero-order valence-corrected chi connectivity index (χ0v) is 12.6. The van der Waals surface area contributed by atoms with Gasteiger partial charge in [-0.1, -0.05) is 30.7 Å². The highest BCUT2D eigenvalue weighted by molar-refractivity contribution is 5.87. The standard InChI is InChI=1S/C19H24O/c1-12-3-5-14-13(11-12)4-6-16-15(14)9-10-19(2)17(16)7-8-18(19)20/h3,5,11,15-17H,4,6-10H2,1-2H3/t15?,16-,17?,19+/m1/s1. The van der Waals surface area contributed by atoms with E-state index in [0.717, 1.165) is 31.1 Å². The Morgan fingerprint density at radius 1 is 1.15 bits per heavy atom. The van der Waals surface area contributed by atoms with Crippen molar-refractivity contribution in [3.63, 3.8) is 0 Å². The molecule has 2 unspecified atom stereocenters. The first-order valence-corrected chi connectivity index (χ1v) is 8.22. The van der Waals surface area contributed by atoms with Crippen molar-refractivity contribution in [1.82, 2.24) is 0 Å². The lowest BCUT2D eigenvalue weighted by atomic mass is 9.55. The van der Waals surface area contributed by atoms with Crippen LogP contribution in [0.4, 0.5) is 0 Å². The lowest BCUT2D eigenvalue weighted by Crippen LogP contribution is -2.42. The molecule has 4 rings (SSSR count). The number of fused-ring (bicyclic) bond motifs is 5. The van der Waals surface area contributed by atoms with E-state index in [2.05, 4.69) is 32.0 Å². The number of hydrogen-bond donors (Lipinski definition) is 0. The number of ketones is 1. The van der Waals surface area contributed by atoms with Crippen molar-refractivity contribution < 1.29 is 4.79 Å². The summed E-state index contributed by atoms with van der Waals surface area (Å²) in [7, 11) is 0. The largest absolute Gasteiger partial charge is 0.299 e. The lowest BCUT2D eigenvalue weighted by molar-refractivity contribution is -0.129. The van der Waals surface area contributed by atoms with E-state index < -0.39 is 0 Å². The minimum Gasteiger partial charge on any atom is -0.299 e. The Balaban J connectivity index is 1.73. The van der Waals surface area contributed by atoms with Crippen LogP contribution in [0.5, 0.6) is 0 Å². The van der Waals surface area contributed by atoms with E-state index in [-0.39, 0.29) is 5.41 Å². The smallest absolute Gasteiger partial charge is 0.139 e. The number of Topliss-reactive ketones (excluding diaryl/α,β-unsaturated/α-hetero) is 1. The summed E-state index contributed by atoms with van der Waals surface area (Å²) in [5, 5.41) is 0. The van der Waals surface area contributed by atoms with Crippen molar-refractivity contribution in [3.8, 4) is 0 Å². The highest BCUT2D eigenvalue weighted by atomic mass is 16.1. The summed E-state index contributed by atoms with van der Waals surface area (Å²) < 4.78 is 0. The molecule has 1 aromatic carbocycles. The van der Waals surface area contributed by atoms with Crippen molar-refractivity contribution in [3.05, 3.63) is 34.9 Å². The fourth-order valence-electron chi connectivity index (χ4n) is 5.48. The third-order valence-corrected chi connectivity index (χ3v) is 6.59. The van der Waals surface area contributed by atoms with Crippen molar-refractivity contribution in [1.29, 1.82) is 0 Å². The number of hydrogen-bond acceptors (Lipinski definition) is 1. The summed E-state index contributed by atoms with van der Waals surface area (Å²) in [5.74, 6) is 2.69. The van der Waals surface area contributed by atoms with Gasteiger partial charge in [-0.25, -0.2) is 0 Å². The van der Waals surface area contributed by atoms with E-state index in [9.17, 15) is 4.79 Å². The maximum Gasteiger partial charge on any atom is 0.139 e. The molecule has 4 atom stereocenters. The molecule has 0 aliphatic heterocycles. The van der Waals surface area contributed by atoms with Gasteiger partial charge in [0.2, 0.25) is 0 Å². The molecule has 0 N–H and O–H groups in total. The molecule has 0 amide bonds. The molecule has 0 bridgehead atoms. The summed E-state index contributed by atoms with van der Waals surface area (Å²) in [6.45, 7) is 4.45. The van der Waals surface area contributed by atoms with Gasteiger partial charge in [-0.05, 0) is 67.9 Å². The highest BCUT2D eigenvalue weighted by Gasteiger charge is 2.54. The molecule has 2 saturated carbocycles. The Labute approximate surface area is 121 Å². The second-order valence-electron chi connectivity index (χ2n) is 7.54. The fraction of sp³-hybridized carbons (Fsp3) is 0.632. The molecule has 0 heterocycles. The van der Waals surface area contributed by atoms with Crippen molar-refractivity contribution in [2.24, 2.45) is 17.3 Å². The molecular formula is C19H24O. The van der Waals surface area contributed by atoms with Gasteiger partial charge in [-0.15, -0.1) is 0 Å². The van der Waals surface area contributed by atoms with Crippen molar-refractivity contribution in [2.75, 3.05) is 0 Å². The van der Waals surface area contributed by atoms with Crippen LogP contribution in [0.25, 0.3) is 0 Å². The lowest BCUT2D eigenvalue weighted by Gasteiger charge is -2.48. The Bertz CT molecular complexity index is 573. The molecule has 106 valence electrons. The van der Waals surface area contributed by atoms with Crippen LogP contribution in [-0.2, 0) is 11.2 Å². The molecule has 0 radical (unpaired) electrons. The van der Waals surface area contributed by atoms with E-state index in [1.165, 1.54) is 24.8 Å². The third kappa shape index (κ3) is 1.58. The maximum absolute atomic E-state index is 12.3. The predicted molar refractivity (Wildman–Crippen MR) is 80.8 cm³/mol. The quantitative estimate of drug-likeness (QED) is 0.680. The van der Waals surface area contributed by atoms with Crippen LogP contribution in [0.15, 0.2) is 18.2 Å². The number of aryl methyl sites for hydroxylation is 2. The van der Waals surface area contributed by atoms with E-state index in [1.54, 1.807) is 11.1 Å². The van der Waals surface area contributed by atoms with Crippen LogP contribution in [0.2, 0.25) is 0 Å². The van der Waals surface area contributed by atoms with E-state index in [1.807, 2.05) is 0 Å². The summed E-state index contributed by atoms with van der Waals surface area (Å²) in [4.78, 5) is 12.3. The third-order valence-electron chi connectivity index (χ3n) is 6.59. The normalized spacial score (nSPS) is 39.1. The molecule has 20 heavy (non-hydrogen) atoms. The molecule has 1 heteroatoms. The van der Waals surface area contributed by atoms with Crippen LogP contribution >= 0.6 is 0 Å². The Morgan fingerprint density at radius 3 is 2.85 bits per heavy atom. The minimum atomic E-state index is 0.0172. The van der Waals surface area contributed by atoms with Gasteiger partial charge in [-0.2, -0.15) is 0 Å². The van der Waals surface area contributed by atoms with E-state index in [0.29, 0.717) is 11.7 Å². The summed E-state index contributed by atoms with van der Waals surface area (Å²) in [6.07, 6.45) is 6.85. The monoisotopic (exact) mass is 268 g/mol. The molecule has 0 saturated heterocycles. The molecule has 1 aromatic rings. The predicted octanol–water partition coefficient (Wildman–Crippen LogP) is 4.42. The summed E-state index contributed by atoms with van der Waals surface area (Å²) in [5.41, 5.74) is 4.59. The second-order valence-corrected chi connectivity index (χ2v) is 7.54. The van der Waals surface area contributed by atoms with Crippen LogP contribution in [0.1, 0.15) is 61.6 Å². The topological polar surface area (TPSA) is 17.1 Å². The fourth-order valence-corrected chi connectivity index (χ4v) is 5.48. The van der Waals surface area contributed by atoms with E-state index >= 15 is 0 Å². The van der Waals surface area contributed by atoms with Gasteiger partial charge in [-0.3, -0.25) is 4.79 Å². The number of carbonyl (C=O) groups excluding carboxylic acids is 1. The van der Waals surface area contributed by atoms with Crippen LogP contribution in [0, 0.1) is 24.2 Å². The van der Waals surface area contributed by atoms with Crippen LogP contribution in [0.3, 0.4) is 0 Å². The van der Waals surface area contributed by atoms with Crippen LogP contribution in [-0.4, -0.2) is 5.78 Å². The van der Waals surface area contributed by atoms with Crippen LogP contribution < -0.4 is 0 Å². The zero-order valence-electron chi connectivity index (χ0n) is 12.6. The molecule has 0 spiro atoms. The SMILES string of the molecule is Cc1ccc2c(c1)CC[C@@H]1C2CC[C@]2(C)C(=O)CCC12. The summed E-state index contributed by atoms with van der Waals surface area (Å²) >= 11 is 0. The average molecular weight is 268 g/mol. The second kappa shape index (κ2) is 4.19. The molecule has 3 aliphatic rings. The number of benzene rings is 1. The van der Waals surface area contributed by atoms with Crippen molar-refractivity contribution >= 4 is 5.78 Å². The van der Waals surface area contributed by atoms with Gasteiger partial charge < -0.3 is 0 Å². The number of carbonyl (C=O) groups is 1. The maximum atomic E-state index is 12.3. The first-order chi connectivity index (χ1) is 9.59. The van der Waals surface area contributed by atoms with Gasteiger partial charge >= 0.3 is 0 Å². The Kier molecular flexibility index (Phi) is 2.64. The Hall–Kier alpha value is -1.11. The molecule has 2 fully saturated rings. The van der Waals surface area contributed by atoms with Gasteiger partial charge in [0, 0.05) is 11.8 Å². The molecule has 0 aromatic heterocycles. The van der Waals surface area contributed by atoms with Gasteiger partial charge in [0.15, 0.2) is 0 Å². The molecule has 3 aliphatic carbocycles. The minimum absolute atomic E-state index is 0.0172. The van der Waals surface area contributed by atoms with Crippen molar-refractivity contribution in [2.45, 2.75) is 58.3 Å². The average Bonchev–Trinajstić information content (AvgIpc) is 2.74. The van der Waals surface area contributed by atoms with Gasteiger partial charge in [0.05, 0.1) is 0 Å². The van der Waals surface area contributed by atoms with Gasteiger partial charge in [0.25, 0.3) is 0 Å². The first kappa shape index (κ1) is 12.6. The zero-order chi connectivity index (χ0) is 13.9. The molecule has 1 nitrogen and oxygen atoms in total.